The van der Waals surface area contributed by atoms with Gasteiger partial charge in [0, 0.05) is 35.9 Å². The summed E-state index contributed by atoms with van der Waals surface area (Å²) in [6.07, 6.45) is 1.59. The normalized spacial score (nSPS) is 12.9. The molecule has 4 rings (SSSR count). The maximum Gasteiger partial charge on any atom is 0.407 e. The van der Waals surface area contributed by atoms with Gasteiger partial charge in [0.05, 0.1) is 11.5 Å². The Morgan fingerprint density at radius 1 is 0.891 bits per heavy atom. The number of amides is 1. The number of nitrogens with one attached hydrogen (secondary N) is 1. The molecule has 9 heteroatoms. The van der Waals surface area contributed by atoms with Gasteiger partial charge in [-0.2, -0.15) is 0 Å². The van der Waals surface area contributed by atoms with Crippen molar-refractivity contribution in [2.45, 2.75) is 90.5 Å². The van der Waals surface area contributed by atoms with E-state index in [2.05, 4.69) is 74.8 Å². The second-order valence-corrected chi connectivity index (χ2v) is 20.8. The molecule has 0 bridgehead atoms. The number of hydrogen-bond acceptors (Lipinski definition) is 5. The molecule has 1 aromatic heterocycles. The van der Waals surface area contributed by atoms with Crippen LogP contribution in [0.1, 0.15) is 66.6 Å². The summed E-state index contributed by atoms with van der Waals surface area (Å²) in [5.74, 6) is 0.384. The largest absolute Gasteiger partial charge is 0.444 e. The molecule has 0 aliphatic carbocycles. The van der Waals surface area contributed by atoms with E-state index in [1.54, 1.807) is 6.07 Å². The fourth-order valence-corrected chi connectivity index (χ4v) is 11.7. The summed E-state index contributed by atoms with van der Waals surface area (Å²) in [4.78, 5) is 12.6. The third kappa shape index (κ3) is 8.11. The summed E-state index contributed by atoms with van der Waals surface area (Å²) < 4.78 is 41.4. The van der Waals surface area contributed by atoms with Gasteiger partial charge in [-0.15, -0.1) is 0 Å². The number of benzene rings is 3. The molecular formula is C37H50N2O5SSi. The molecule has 46 heavy (non-hydrogen) atoms. The molecular weight excluding hydrogens is 613 g/mol. The Labute approximate surface area is 276 Å². The third-order valence-corrected chi connectivity index (χ3v) is 14.2. The number of nitrogens with zero attached hydrogens (tertiary/aromatic N) is 1. The van der Waals surface area contributed by atoms with Crippen LogP contribution < -0.4 is 15.7 Å². The van der Waals surface area contributed by atoms with E-state index < -0.39 is 29.8 Å². The molecule has 1 amide bonds. The van der Waals surface area contributed by atoms with Crippen LogP contribution in [0.3, 0.4) is 0 Å². The van der Waals surface area contributed by atoms with E-state index in [0.29, 0.717) is 24.6 Å². The standard InChI is InChI=1S/C37H50N2O5SSi/c1-27(2)22-30-24-28-23-29(34(45(9,41)42)25-33(28)39(30)21-20-38-35(40)44-36(3,4)5)26-43-46(37(6,7)8,31-16-12-10-13-17-31)32-18-14-11-15-19-32/h10-19,23-25,27H,20-22,26H2,1-9H3,(H,38,40). The quantitative estimate of drug-likeness (QED) is 0.178. The maximum absolute atomic E-state index is 13.4. The number of hydrogen-bond donors (Lipinski definition) is 1. The third-order valence-electron chi connectivity index (χ3n) is 8.05. The van der Waals surface area contributed by atoms with Crippen LogP contribution in [0.2, 0.25) is 5.04 Å². The van der Waals surface area contributed by atoms with Crippen LogP contribution in [-0.4, -0.2) is 45.8 Å². The SMILES string of the molecule is CC(C)Cc1cc2cc(CO[Si](c3ccccc3)(c3ccccc3)C(C)(C)C)c(S(C)(=O)=O)cc2n1CCNC(=O)OC(C)(C)C. The summed E-state index contributed by atoms with van der Waals surface area (Å²) in [6, 6.07) is 26.6. The van der Waals surface area contributed by atoms with Crippen molar-refractivity contribution in [3.05, 3.63) is 90.1 Å². The van der Waals surface area contributed by atoms with Gasteiger partial charge in [-0.05, 0) is 72.3 Å². The molecule has 0 spiro atoms. The average Bonchev–Trinajstić information content (AvgIpc) is 3.27. The summed E-state index contributed by atoms with van der Waals surface area (Å²) in [5.41, 5.74) is 1.95. The van der Waals surface area contributed by atoms with Crippen molar-refractivity contribution >= 4 is 45.5 Å². The molecule has 4 aromatic rings. The van der Waals surface area contributed by atoms with Crippen molar-refractivity contribution < 1.29 is 22.4 Å². The van der Waals surface area contributed by atoms with E-state index >= 15 is 0 Å². The monoisotopic (exact) mass is 662 g/mol. The number of fused-ring (bicyclic) bond motifs is 1. The number of ether oxygens (including phenoxy) is 1. The molecule has 0 atom stereocenters. The molecule has 0 unspecified atom stereocenters. The number of rotatable bonds is 11. The van der Waals surface area contributed by atoms with E-state index in [9.17, 15) is 13.2 Å². The first-order valence-corrected chi connectivity index (χ1v) is 19.8. The van der Waals surface area contributed by atoms with E-state index in [-0.39, 0.29) is 16.5 Å². The summed E-state index contributed by atoms with van der Waals surface area (Å²) in [5, 5.41) is 5.82. The zero-order chi connectivity index (χ0) is 33.9. The van der Waals surface area contributed by atoms with Gasteiger partial charge in [0.2, 0.25) is 0 Å². The predicted octanol–water partition coefficient (Wildman–Crippen LogP) is 6.84. The van der Waals surface area contributed by atoms with E-state index in [0.717, 1.165) is 33.4 Å². The van der Waals surface area contributed by atoms with Crippen LogP contribution in [-0.2, 0) is 38.6 Å². The summed E-state index contributed by atoms with van der Waals surface area (Å²) >= 11 is 0. The number of carbonyl (C=O) groups excluding carboxylic acids is 1. The Kier molecular flexibility index (Phi) is 10.6. The molecule has 1 N–H and O–H groups in total. The number of carbonyl (C=O) groups is 1. The molecule has 3 aromatic carbocycles. The molecule has 0 saturated heterocycles. The van der Waals surface area contributed by atoms with E-state index in [1.807, 2.05) is 63.2 Å². The molecule has 0 aliphatic rings. The summed E-state index contributed by atoms with van der Waals surface area (Å²) in [7, 11) is -6.52. The molecule has 0 aliphatic heterocycles. The minimum Gasteiger partial charge on any atom is -0.444 e. The Bertz CT molecular complexity index is 1710. The molecule has 248 valence electrons. The highest BCUT2D eigenvalue weighted by Gasteiger charge is 2.50. The van der Waals surface area contributed by atoms with E-state index in [1.165, 1.54) is 6.26 Å². The number of sulfone groups is 1. The molecule has 1 heterocycles. The molecule has 0 radical (unpaired) electrons. The first kappa shape index (κ1) is 35.5. The van der Waals surface area contributed by atoms with Gasteiger partial charge in [-0.1, -0.05) is 95.3 Å². The molecule has 7 nitrogen and oxygen atoms in total. The highest BCUT2D eigenvalue weighted by atomic mass is 32.2. The van der Waals surface area contributed by atoms with Gasteiger partial charge >= 0.3 is 6.09 Å². The Morgan fingerprint density at radius 3 is 1.93 bits per heavy atom. The van der Waals surface area contributed by atoms with Gasteiger partial charge in [0.1, 0.15) is 5.60 Å². The van der Waals surface area contributed by atoms with Crippen molar-refractivity contribution in [3.63, 3.8) is 0 Å². The smallest absolute Gasteiger partial charge is 0.407 e. The maximum atomic E-state index is 13.4. The van der Waals surface area contributed by atoms with Crippen LogP contribution in [0.15, 0.2) is 83.8 Å². The van der Waals surface area contributed by atoms with Crippen LogP contribution >= 0.6 is 0 Å². The van der Waals surface area contributed by atoms with Crippen molar-refractivity contribution in [2.75, 3.05) is 12.8 Å². The zero-order valence-corrected chi connectivity index (χ0v) is 30.6. The second kappa shape index (κ2) is 13.8. The Morgan fingerprint density at radius 2 is 1.46 bits per heavy atom. The highest BCUT2D eigenvalue weighted by molar-refractivity contribution is 7.90. The average molecular weight is 663 g/mol. The van der Waals surface area contributed by atoms with E-state index in [4.69, 9.17) is 9.16 Å². The van der Waals surface area contributed by atoms with Gasteiger partial charge in [-0.3, -0.25) is 0 Å². The zero-order valence-electron chi connectivity index (χ0n) is 28.8. The lowest BCUT2D eigenvalue weighted by molar-refractivity contribution is 0.0526. The van der Waals surface area contributed by atoms with Gasteiger partial charge in [-0.25, -0.2) is 13.2 Å². The van der Waals surface area contributed by atoms with Crippen molar-refractivity contribution in [1.82, 2.24) is 9.88 Å². The Hall–Kier alpha value is -3.40. The fraction of sp³-hybridized carbons (Fsp3) is 0.432. The van der Waals surface area contributed by atoms with Crippen LogP contribution in [0.5, 0.6) is 0 Å². The lowest BCUT2D eigenvalue weighted by atomic mass is 10.1. The topological polar surface area (TPSA) is 86.6 Å². The Balaban J connectivity index is 1.80. The van der Waals surface area contributed by atoms with Crippen molar-refractivity contribution in [2.24, 2.45) is 5.92 Å². The second-order valence-electron chi connectivity index (χ2n) is 14.6. The van der Waals surface area contributed by atoms with Crippen LogP contribution in [0.25, 0.3) is 10.9 Å². The van der Waals surface area contributed by atoms with Gasteiger partial charge < -0.3 is 19.0 Å². The molecule has 0 saturated carbocycles. The van der Waals surface area contributed by atoms with Crippen LogP contribution in [0.4, 0.5) is 4.79 Å². The summed E-state index contributed by atoms with van der Waals surface area (Å²) in [6.45, 7) is 17.4. The van der Waals surface area contributed by atoms with Crippen molar-refractivity contribution in [1.29, 1.82) is 0 Å². The molecule has 0 fully saturated rings. The van der Waals surface area contributed by atoms with Gasteiger partial charge in [0.25, 0.3) is 8.32 Å². The number of alkyl carbamates (subject to hydrolysis) is 1. The minimum atomic E-state index is -3.61. The lowest BCUT2D eigenvalue weighted by Crippen LogP contribution is -2.66. The minimum absolute atomic E-state index is 0.149. The highest BCUT2D eigenvalue weighted by Crippen LogP contribution is 2.38. The van der Waals surface area contributed by atoms with Crippen molar-refractivity contribution in [3.8, 4) is 0 Å². The fourth-order valence-electron chi connectivity index (χ4n) is 6.24. The number of aromatic nitrogens is 1. The van der Waals surface area contributed by atoms with Gasteiger partial charge in [0.15, 0.2) is 9.84 Å². The van der Waals surface area contributed by atoms with Crippen LogP contribution in [0, 0.1) is 5.92 Å². The lowest BCUT2D eigenvalue weighted by Gasteiger charge is -2.43. The first-order valence-electron chi connectivity index (χ1n) is 16.0. The first-order chi connectivity index (χ1) is 21.4. The predicted molar refractivity (Wildman–Crippen MR) is 190 cm³/mol.